The molecule has 2 aromatic carbocycles. The Kier molecular flexibility index (Phi) is 7.30. The summed E-state index contributed by atoms with van der Waals surface area (Å²) in [5.74, 6) is 1.99. The average Bonchev–Trinajstić information content (AvgIpc) is 2.81. The molecule has 31 heavy (non-hydrogen) atoms. The molecule has 0 radical (unpaired) electrons. The van der Waals surface area contributed by atoms with E-state index in [4.69, 9.17) is 0 Å². The van der Waals surface area contributed by atoms with Crippen LogP contribution in [0.2, 0.25) is 0 Å². The fourth-order valence-electron chi connectivity index (χ4n) is 5.82. The number of rotatable bonds is 5. The van der Waals surface area contributed by atoms with Crippen molar-refractivity contribution >= 4 is 23.1 Å². The molecule has 2 aliphatic rings. The van der Waals surface area contributed by atoms with Gasteiger partial charge in [0.15, 0.2) is 11.6 Å². The van der Waals surface area contributed by atoms with E-state index in [9.17, 15) is 8.78 Å². The van der Waals surface area contributed by atoms with Gasteiger partial charge in [-0.3, -0.25) is 0 Å². The van der Waals surface area contributed by atoms with Crippen LogP contribution in [-0.2, 0) is 0 Å². The minimum absolute atomic E-state index is 0.379. The number of benzene rings is 2. The highest BCUT2D eigenvalue weighted by Crippen LogP contribution is 2.44. The largest absolute Gasteiger partial charge is 0.204 e. The molecule has 0 aliphatic heterocycles. The van der Waals surface area contributed by atoms with Crippen molar-refractivity contribution < 1.29 is 8.78 Å². The average molecular weight is 440 g/mol. The van der Waals surface area contributed by atoms with Gasteiger partial charge >= 0.3 is 0 Å². The molecule has 2 aliphatic carbocycles. The summed E-state index contributed by atoms with van der Waals surface area (Å²) in [6, 6.07) is 10.8. The summed E-state index contributed by atoms with van der Waals surface area (Å²) in [5.41, 5.74) is 2.28. The molecule has 2 aromatic rings. The third kappa shape index (κ3) is 5.13. The minimum Gasteiger partial charge on any atom is -0.204 e. The Balaban J connectivity index is 1.38. The van der Waals surface area contributed by atoms with Gasteiger partial charge in [0.05, 0.1) is 5.16 Å². The molecule has 0 N–H and O–H groups in total. The third-order valence-corrected chi connectivity index (χ3v) is 7.89. The Labute approximate surface area is 190 Å². The molecule has 0 saturated heterocycles. The zero-order valence-corrected chi connectivity index (χ0v) is 19.1. The van der Waals surface area contributed by atoms with Gasteiger partial charge in [-0.15, -0.1) is 0 Å². The maximum Gasteiger partial charge on any atom is 0.153 e. The number of nitrogens with zero attached hydrogens (tertiary/aromatic N) is 1. The van der Waals surface area contributed by atoms with E-state index in [-0.39, 0.29) is 5.69 Å². The summed E-state index contributed by atoms with van der Waals surface area (Å²) in [4.78, 5) is 3.48. The smallest absolute Gasteiger partial charge is 0.153 e. The summed E-state index contributed by atoms with van der Waals surface area (Å²) in [5, 5.41) is 2.03. The molecular weight excluding hydrogens is 408 g/mol. The second kappa shape index (κ2) is 10.1. The first kappa shape index (κ1) is 22.3. The van der Waals surface area contributed by atoms with Crippen LogP contribution in [0, 0.1) is 29.4 Å². The minimum atomic E-state index is -0.720. The first-order chi connectivity index (χ1) is 15.1. The lowest BCUT2D eigenvalue weighted by Gasteiger charge is -2.38. The van der Waals surface area contributed by atoms with Crippen molar-refractivity contribution in [2.24, 2.45) is 22.7 Å². The van der Waals surface area contributed by atoms with Crippen molar-refractivity contribution in [3.05, 3.63) is 53.6 Å². The predicted octanol–water partition coefficient (Wildman–Crippen LogP) is 8.86. The number of halogens is 2. The molecule has 0 aromatic heterocycles. The number of hydrogen-bond donors (Lipinski definition) is 0. The summed E-state index contributed by atoms with van der Waals surface area (Å²) in [6.45, 7) is 2.33. The van der Waals surface area contributed by atoms with Gasteiger partial charge in [0.1, 0.15) is 5.69 Å². The van der Waals surface area contributed by atoms with Crippen molar-refractivity contribution in [3.63, 3.8) is 0 Å². The fraction of sp³-hybridized carbons (Fsp3) is 0.519. The van der Waals surface area contributed by atoms with E-state index in [0.717, 1.165) is 23.3 Å². The monoisotopic (exact) mass is 439 g/mol. The molecule has 2 fully saturated rings. The molecule has 0 amide bonds. The van der Waals surface area contributed by atoms with Gasteiger partial charge in [-0.2, -0.15) is 4.99 Å². The van der Waals surface area contributed by atoms with Crippen LogP contribution < -0.4 is 0 Å². The number of thiocarbonyl (C=S) groups is 1. The molecule has 4 heteroatoms. The lowest BCUT2D eigenvalue weighted by molar-refractivity contribution is 0.158. The zero-order chi connectivity index (χ0) is 21.8. The second-order valence-corrected chi connectivity index (χ2v) is 9.60. The molecule has 0 unspecified atom stereocenters. The van der Waals surface area contributed by atoms with E-state index in [1.807, 2.05) is 17.3 Å². The van der Waals surface area contributed by atoms with Crippen molar-refractivity contribution in [2.45, 2.75) is 70.6 Å². The lowest BCUT2D eigenvalue weighted by atomic mass is 9.68. The van der Waals surface area contributed by atoms with Crippen LogP contribution >= 0.6 is 12.2 Å². The SMILES string of the molecule is CCC1CCC(C2CCC(c3ccc(-c4cc(F)c(N=C=S)c(F)c4)cc3)CC2)CC1. The second-order valence-electron chi connectivity index (χ2n) is 9.41. The molecule has 0 bridgehead atoms. The molecule has 0 spiro atoms. The Morgan fingerprint density at radius 2 is 1.39 bits per heavy atom. The Morgan fingerprint density at radius 1 is 0.839 bits per heavy atom. The Morgan fingerprint density at radius 3 is 1.90 bits per heavy atom. The first-order valence-corrected chi connectivity index (χ1v) is 12.2. The highest BCUT2D eigenvalue weighted by Gasteiger charge is 2.30. The van der Waals surface area contributed by atoms with Crippen LogP contribution in [0.1, 0.15) is 76.2 Å². The highest BCUT2D eigenvalue weighted by atomic mass is 32.1. The van der Waals surface area contributed by atoms with Gasteiger partial charge in [-0.25, -0.2) is 8.78 Å². The van der Waals surface area contributed by atoms with Crippen molar-refractivity contribution in [1.29, 1.82) is 0 Å². The fourth-order valence-corrected chi connectivity index (χ4v) is 5.92. The van der Waals surface area contributed by atoms with Gasteiger partial charge < -0.3 is 0 Å². The van der Waals surface area contributed by atoms with Crippen molar-refractivity contribution in [1.82, 2.24) is 0 Å². The molecular formula is C27H31F2NS. The molecule has 1 nitrogen and oxygen atoms in total. The number of isothiocyanates is 1. The quantitative estimate of drug-likeness (QED) is 0.335. The van der Waals surface area contributed by atoms with Crippen molar-refractivity contribution in [2.75, 3.05) is 0 Å². The summed E-state index contributed by atoms with van der Waals surface area (Å²) in [7, 11) is 0. The molecule has 2 saturated carbocycles. The van der Waals surface area contributed by atoms with E-state index in [2.05, 4.69) is 36.3 Å². The van der Waals surface area contributed by atoms with E-state index in [1.165, 1.54) is 75.5 Å². The Bertz CT molecular complexity index is 909. The maximum absolute atomic E-state index is 14.2. The van der Waals surface area contributed by atoms with Gasteiger partial charge in [0, 0.05) is 0 Å². The van der Waals surface area contributed by atoms with Gasteiger partial charge in [0.25, 0.3) is 0 Å². The van der Waals surface area contributed by atoms with Crippen LogP contribution in [0.4, 0.5) is 14.5 Å². The topological polar surface area (TPSA) is 12.4 Å². The predicted molar refractivity (Wildman–Crippen MR) is 127 cm³/mol. The molecule has 0 atom stereocenters. The number of aliphatic imine (C=N–C) groups is 1. The third-order valence-electron chi connectivity index (χ3n) is 7.80. The standard InChI is InChI=1S/C27H31F2NS/c1-2-18-3-5-19(6-4-18)20-7-9-21(10-8-20)22-11-13-23(14-12-22)24-15-25(28)27(30-17-31)26(29)16-24/h11-16,18-21H,2-10H2,1H3. The molecule has 4 rings (SSSR count). The normalized spacial score (nSPS) is 26.3. The van der Waals surface area contributed by atoms with E-state index in [1.54, 1.807) is 0 Å². The summed E-state index contributed by atoms with van der Waals surface area (Å²) < 4.78 is 28.3. The van der Waals surface area contributed by atoms with Crippen LogP contribution in [0.3, 0.4) is 0 Å². The van der Waals surface area contributed by atoms with Crippen molar-refractivity contribution in [3.8, 4) is 11.1 Å². The van der Waals surface area contributed by atoms with E-state index >= 15 is 0 Å². The van der Waals surface area contributed by atoms with Crippen LogP contribution in [0.5, 0.6) is 0 Å². The zero-order valence-electron chi connectivity index (χ0n) is 18.2. The molecule has 0 heterocycles. The Hall–Kier alpha value is -1.90. The lowest BCUT2D eigenvalue weighted by Crippen LogP contribution is -2.25. The first-order valence-electron chi connectivity index (χ1n) is 11.8. The van der Waals surface area contributed by atoms with Gasteiger partial charge in [-0.1, -0.05) is 50.5 Å². The highest BCUT2D eigenvalue weighted by molar-refractivity contribution is 7.78. The van der Waals surface area contributed by atoms with Crippen LogP contribution in [0.15, 0.2) is 41.4 Å². The number of hydrogen-bond acceptors (Lipinski definition) is 2. The van der Waals surface area contributed by atoms with E-state index in [0.29, 0.717) is 11.5 Å². The summed E-state index contributed by atoms with van der Waals surface area (Å²) >= 11 is 4.46. The van der Waals surface area contributed by atoms with E-state index < -0.39 is 11.6 Å². The van der Waals surface area contributed by atoms with Crippen LogP contribution in [-0.4, -0.2) is 5.16 Å². The van der Waals surface area contributed by atoms with Crippen LogP contribution in [0.25, 0.3) is 11.1 Å². The van der Waals surface area contributed by atoms with Gasteiger partial charge in [-0.05, 0) is 103 Å². The summed E-state index contributed by atoms with van der Waals surface area (Å²) in [6.07, 6.45) is 12.3. The maximum atomic E-state index is 14.2. The van der Waals surface area contributed by atoms with Gasteiger partial charge in [0.2, 0.25) is 0 Å². The molecule has 164 valence electrons.